The van der Waals surface area contributed by atoms with Crippen LogP contribution in [0.15, 0.2) is 54.6 Å². The predicted octanol–water partition coefficient (Wildman–Crippen LogP) is 5.51. The van der Waals surface area contributed by atoms with Crippen molar-refractivity contribution in [2.45, 2.75) is 19.8 Å². The van der Waals surface area contributed by atoms with E-state index in [-0.39, 0.29) is 0 Å². The SMILES string of the molecule is C/C(=C/CN1CCCC1)c1ccc(-c2ccccc2Cl)cc1. The van der Waals surface area contributed by atoms with E-state index in [9.17, 15) is 0 Å². The molecule has 114 valence electrons. The fourth-order valence-electron chi connectivity index (χ4n) is 2.96. The molecule has 1 fully saturated rings. The summed E-state index contributed by atoms with van der Waals surface area (Å²) >= 11 is 6.27. The molecule has 22 heavy (non-hydrogen) atoms. The second-order valence-electron chi connectivity index (χ2n) is 5.95. The molecule has 0 spiro atoms. The van der Waals surface area contributed by atoms with Gasteiger partial charge in [0.25, 0.3) is 0 Å². The summed E-state index contributed by atoms with van der Waals surface area (Å²) < 4.78 is 0. The topological polar surface area (TPSA) is 3.24 Å². The summed E-state index contributed by atoms with van der Waals surface area (Å²) in [6, 6.07) is 16.7. The van der Waals surface area contributed by atoms with Crippen LogP contribution in [0.2, 0.25) is 5.02 Å². The van der Waals surface area contributed by atoms with Gasteiger partial charge in [0.15, 0.2) is 0 Å². The van der Waals surface area contributed by atoms with Crippen LogP contribution in [0.1, 0.15) is 25.3 Å². The summed E-state index contributed by atoms with van der Waals surface area (Å²) in [6.45, 7) is 5.75. The highest BCUT2D eigenvalue weighted by atomic mass is 35.5. The Balaban J connectivity index is 1.73. The van der Waals surface area contributed by atoms with Gasteiger partial charge in [-0.05, 0) is 55.6 Å². The van der Waals surface area contributed by atoms with Crippen LogP contribution < -0.4 is 0 Å². The minimum atomic E-state index is 0.802. The summed E-state index contributed by atoms with van der Waals surface area (Å²) in [5, 5.41) is 0.802. The minimum absolute atomic E-state index is 0.802. The molecule has 0 atom stereocenters. The first-order valence-corrected chi connectivity index (χ1v) is 8.36. The third kappa shape index (κ3) is 3.60. The van der Waals surface area contributed by atoms with Crippen molar-refractivity contribution in [1.82, 2.24) is 4.90 Å². The third-order valence-corrected chi connectivity index (χ3v) is 4.71. The van der Waals surface area contributed by atoms with Crippen molar-refractivity contribution in [2.24, 2.45) is 0 Å². The predicted molar refractivity (Wildman–Crippen MR) is 96.2 cm³/mol. The molecule has 0 saturated carbocycles. The van der Waals surface area contributed by atoms with E-state index in [1.807, 2.05) is 18.2 Å². The van der Waals surface area contributed by atoms with Gasteiger partial charge in [0.2, 0.25) is 0 Å². The zero-order chi connectivity index (χ0) is 15.4. The molecule has 1 aliphatic rings. The molecular weight excluding hydrogens is 290 g/mol. The lowest BCUT2D eigenvalue weighted by atomic mass is 10.0. The van der Waals surface area contributed by atoms with Gasteiger partial charge in [-0.1, -0.05) is 60.1 Å². The van der Waals surface area contributed by atoms with Crippen LogP contribution in [-0.2, 0) is 0 Å². The molecule has 2 heteroatoms. The molecule has 1 aliphatic heterocycles. The normalized spacial score (nSPS) is 16.2. The zero-order valence-electron chi connectivity index (χ0n) is 13.1. The number of allylic oxidation sites excluding steroid dienone is 1. The number of benzene rings is 2. The molecule has 0 N–H and O–H groups in total. The van der Waals surface area contributed by atoms with Crippen molar-refractivity contribution in [1.29, 1.82) is 0 Å². The van der Waals surface area contributed by atoms with Crippen LogP contribution in [0.3, 0.4) is 0 Å². The summed E-state index contributed by atoms with van der Waals surface area (Å²) in [5.41, 5.74) is 4.89. The van der Waals surface area contributed by atoms with Crippen molar-refractivity contribution in [2.75, 3.05) is 19.6 Å². The molecule has 0 unspecified atom stereocenters. The Morgan fingerprint density at radius 3 is 2.41 bits per heavy atom. The maximum atomic E-state index is 6.27. The second kappa shape index (κ2) is 7.13. The molecule has 3 rings (SSSR count). The Bertz CT molecular complexity index is 652. The van der Waals surface area contributed by atoms with E-state index in [4.69, 9.17) is 11.6 Å². The Hall–Kier alpha value is -1.57. The molecule has 1 nitrogen and oxygen atoms in total. The van der Waals surface area contributed by atoms with E-state index < -0.39 is 0 Å². The smallest absolute Gasteiger partial charge is 0.0484 e. The molecule has 0 aromatic heterocycles. The number of rotatable bonds is 4. The molecule has 0 amide bonds. The standard InChI is InChI=1S/C20H22ClN/c1-16(12-15-22-13-4-5-14-22)17-8-10-18(11-9-17)19-6-2-3-7-20(19)21/h2-3,6-12H,4-5,13-15H2,1H3/b16-12-. The summed E-state index contributed by atoms with van der Waals surface area (Å²) in [4.78, 5) is 2.52. The maximum absolute atomic E-state index is 6.27. The van der Waals surface area contributed by atoms with E-state index in [0.29, 0.717) is 0 Å². The Morgan fingerprint density at radius 2 is 1.73 bits per heavy atom. The molecule has 0 aliphatic carbocycles. The number of hydrogen-bond donors (Lipinski definition) is 0. The summed E-state index contributed by atoms with van der Waals surface area (Å²) in [5.74, 6) is 0. The third-order valence-electron chi connectivity index (χ3n) is 4.38. The first-order valence-electron chi connectivity index (χ1n) is 7.98. The van der Waals surface area contributed by atoms with Crippen molar-refractivity contribution >= 4 is 17.2 Å². The van der Waals surface area contributed by atoms with Crippen LogP contribution in [0, 0.1) is 0 Å². The number of likely N-dealkylation sites (tertiary alicyclic amines) is 1. The molecular formula is C20H22ClN. The lowest BCUT2D eigenvalue weighted by molar-refractivity contribution is 0.377. The quantitative estimate of drug-likeness (QED) is 0.720. The fraction of sp³-hybridized carbons (Fsp3) is 0.300. The van der Waals surface area contributed by atoms with Crippen molar-refractivity contribution in [3.05, 3.63) is 65.2 Å². The summed E-state index contributed by atoms with van der Waals surface area (Å²) in [7, 11) is 0. The van der Waals surface area contributed by atoms with E-state index in [1.165, 1.54) is 42.6 Å². The van der Waals surface area contributed by atoms with Crippen molar-refractivity contribution in [3.63, 3.8) is 0 Å². The Morgan fingerprint density at radius 1 is 1.05 bits per heavy atom. The lowest BCUT2D eigenvalue weighted by Crippen LogP contribution is -2.18. The van der Waals surface area contributed by atoms with Crippen molar-refractivity contribution in [3.8, 4) is 11.1 Å². The molecule has 1 saturated heterocycles. The fourth-order valence-corrected chi connectivity index (χ4v) is 3.20. The zero-order valence-corrected chi connectivity index (χ0v) is 13.8. The minimum Gasteiger partial charge on any atom is -0.300 e. The average Bonchev–Trinajstić information content (AvgIpc) is 3.07. The Kier molecular flexibility index (Phi) is 4.97. The number of halogens is 1. The largest absolute Gasteiger partial charge is 0.300 e. The van der Waals surface area contributed by atoms with E-state index in [1.54, 1.807) is 0 Å². The molecule has 0 bridgehead atoms. The van der Waals surface area contributed by atoms with E-state index in [0.717, 1.165) is 17.1 Å². The highest BCUT2D eigenvalue weighted by Crippen LogP contribution is 2.28. The van der Waals surface area contributed by atoms with Gasteiger partial charge in [0.05, 0.1) is 0 Å². The van der Waals surface area contributed by atoms with Crippen molar-refractivity contribution < 1.29 is 0 Å². The van der Waals surface area contributed by atoms with Gasteiger partial charge in [-0.15, -0.1) is 0 Å². The van der Waals surface area contributed by atoms with Crippen LogP contribution in [0.25, 0.3) is 16.7 Å². The Labute approximate surface area is 138 Å². The highest BCUT2D eigenvalue weighted by molar-refractivity contribution is 6.33. The van der Waals surface area contributed by atoms with Gasteiger partial charge in [-0.25, -0.2) is 0 Å². The van der Waals surface area contributed by atoms with Gasteiger partial charge in [0.1, 0.15) is 0 Å². The first kappa shape index (κ1) is 15.3. The second-order valence-corrected chi connectivity index (χ2v) is 6.36. The average molecular weight is 312 g/mol. The number of nitrogens with zero attached hydrogens (tertiary/aromatic N) is 1. The van der Waals surface area contributed by atoms with Gasteiger partial charge in [0, 0.05) is 17.1 Å². The molecule has 1 heterocycles. The van der Waals surface area contributed by atoms with Gasteiger partial charge in [-0.2, -0.15) is 0 Å². The number of hydrogen-bond acceptors (Lipinski definition) is 1. The van der Waals surface area contributed by atoms with E-state index >= 15 is 0 Å². The van der Waals surface area contributed by atoms with Crippen LogP contribution in [0.5, 0.6) is 0 Å². The van der Waals surface area contributed by atoms with E-state index in [2.05, 4.69) is 48.2 Å². The molecule has 0 radical (unpaired) electrons. The van der Waals surface area contributed by atoms with Gasteiger partial charge < -0.3 is 0 Å². The molecule has 2 aromatic rings. The maximum Gasteiger partial charge on any atom is 0.0484 e. The lowest BCUT2D eigenvalue weighted by Gasteiger charge is -2.12. The van der Waals surface area contributed by atoms with Crippen LogP contribution >= 0.6 is 11.6 Å². The van der Waals surface area contributed by atoms with Gasteiger partial charge >= 0.3 is 0 Å². The summed E-state index contributed by atoms with van der Waals surface area (Å²) in [6.07, 6.45) is 5.04. The highest BCUT2D eigenvalue weighted by Gasteiger charge is 2.09. The van der Waals surface area contributed by atoms with Crippen LogP contribution in [0.4, 0.5) is 0 Å². The first-order chi connectivity index (χ1) is 10.7. The molecule has 2 aromatic carbocycles. The monoisotopic (exact) mass is 311 g/mol. The van der Waals surface area contributed by atoms with Gasteiger partial charge in [-0.3, -0.25) is 4.90 Å². The van der Waals surface area contributed by atoms with Crippen LogP contribution in [-0.4, -0.2) is 24.5 Å².